The molecule has 0 bridgehead atoms. The van der Waals surface area contributed by atoms with Gasteiger partial charge in [-0.15, -0.1) is 0 Å². The lowest BCUT2D eigenvalue weighted by Gasteiger charge is -2.22. The third kappa shape index (κ3) is 2.99. The monoisotopic (exact) mass is 235 g/mol. The molecule has 3 heteroatoms. The van der Waals surface area contributed by atoms with Crippen LogP contribution in [-0.2, 0) is 0 Å². The molecule has 1 aliphatic rings. The van der Waals surface area contributed by atoms with Crippen LogP contribution in [0.1, 0.15) is 37.8 Å². The van der Waals surface area contributed by atoms with Gasteiger partial charge in [0.25, 0.3) is 0 Å². The van der Waals surface area contributed by atoms with E-state index < -0.39 is 0 Å². The van der Waals surface area contributed by atoms with E-state index in [0.717, 1.165) is 25.0 Å². The number of hydrogen-bond donors (Lipinski definition) is 2. The van der Waals surface area contributed by atoms with Crippen molar-refractivity contribution in [3.63, 3.8) is 0 Å². The third-order valence-corrected chi connectivity index (χ3v) is 3.54. The van der Waals surface area contributed by atoms with Crippen molar-refractivity contribution in [3.8, 4) is 5.75 Å². The first-order chi connectivity index (χ1) is 8.20. The molecule has 1 saturated carbocycles. The maximum Gasteiger partial charge on any atom is 0.119 e. The van der Waals surface area contributed by atoms with Gasteiger partial charge in [-0.05, 0) is 43.9 Å². The van der Waals surface area contributed by atoms with Gasteiger partial charge in [0.05, 0.1) is 13.2 Å². The van der Waals surface area contributed by atoms with E-state index in [9.17, 15) is 5.11 Å². The highest BCUT2D eigenvalue weighted by Crippen LogP contribution is 2.24. The minimum atomic E-state index is -0.192. The number of nitrogens with one attached hydrogen (secondary N) is 1. The smallest absolute Gasteiger partial charge is 0.119 e. The third-order valence-electron chi connectivity index (χ3n) is 3.54. The molecule has 0 saturated heterocycles. The number of benzene rings is 1. The number of methoxy groups -OCH3 is 1. The molecule has 0 spiro atoms. The highest BCUT2D eigenvalue weighted by molar-refractivity contribution is 5.30. The Labute approximate surface area is 103 Å². The minimum absolute atomic E-state index is 0.192. The van der Waals surface area contributed by atoms with Crippen LogP contribution in [-0.4, -0.2) is 24.4 Å². The second-order valence-electron chi connectivity index (χ2n) is 4.77. The topological polar surface area (TPSA) is 41.5 Å². The van der Waals surface area contributed by atoms with Crippen molar-refractivity contribution in [2.24, 2.45) is 0 Å². The summed E-state index contributed by atoms with van der Waals surface area (Å²) < 4.78 is 5.22. The first-order valence-corrected chi connectivity index (χ1v) is 6.29. The van der Waals surface area contributed by atoms with Gasteiger partial charge in [-0.25, -0.2) is 0 Å². The summed E-state index contributed by atoms with van der Waals surface area (Å²) in [4.78, 5) is 0. The van der Waals surface area contributed by atoms with Gasteiger partial charge in [-0.3, -0.25) is 0 Å². The lowest BCUT2D eigenvalue weighted by atomic mass is 10.1. The minimum Gasteiger partial charge on any atom is -0.497 e. The van der Waals surface area contributed by atoms with Crippen molar-refractivity contribution in [2.75, 3.05) is 7.11 Å². The van der Waals surface area contributed by atoms with E-state index >= 15 is 0 Å². The zero-order valence-electron chi connectivity index (χ0n) is 10.5. The zero-order valence-corrected chi connectivity index (χ0v) is 10.5. The summed E-state index contributed by atoms with van der Waals surface area (Å²) in [7, 11) is 1.68. The van der Waals surface area contributed by atoms with Crippen LogP contribution in [0.15, 0.2) is 24.3 Å². The van der Waals surface area contributed by atoms with Crippen molar-refractivity contribution in [3.05, 3.63) is 29.8 Å². The molecule has 1 aliphatic carbocycles. The Balaban J connectivity index is 2.00. The van der Waals surface area contributed by atoms with Gasteiger partial charge in [0.2, 0.25) is 0 Å². The van der Waals surface area contributed by atoms with E-state index in [1.807, 2.05) is 18.2 Å². The van der Waals surface area contributed by atoms with Crippen molar-refractivity contribution in [1.29, 1.82) is 0 Å². The molecule has 3 nitrogen and oxygen atoms in total. The van der Waals surface area contributed by atoms with Crippen LogP contribution < -0.4 is 10.1 Å². The second kappa shape index (κ2) is 5.52. The van der Waals surface area contributed by atoms with Crippen LogP contribution in [0.5, 0.6) is 5.75 Å². The Morgan fingerprint density at radius 1 is 1.41 bits per heavy atom. The van der Waals surface area contributed by atoms with E-state index in [4.69, 9.17) is 4.74 Å². The van der Waals surface area contributed by atoms with Gasteiger partial charge < -0.3 is 15.2 Å². The average molecular weight is 235 g/mol. The normalized spacial score (nSPS) is 25.8. The average Bonchev–Trinajstić information content (AvgIpc) is 2.75. The van der Waals surface area contributed by atoms with Crippen LogP contribution in [0, 0.1) is 0 Å². The fourth-order valence-corrected chi connectivity index (χ4v) is 2.46. The number of ether oxygens (including phenoxy) is 1. The van der Waals surface area contributed by atoms with Crippen LogP contribution in [0.4, 0.5) is 0 Å². The lowest BCUT2D eigenvalue weighted by molar-refractivity contribution is 0.144. The Bertz CT molecular complexity index is 367. The number of aliphatic hydroxyl groups excluding tert-OH is 1. The van der Waals surface area contributed by atoms with E-state index in [0.29, 0.717) is 0 Å². The maximum atomic E-state index is 9.80. The molecule has 3 atom stereocenters. The Morgan fingerprint density at radius 2 is 2.24 bits per heavy atom. The van der Waals surface area contributed by atoms with Crippen LogP contribution in [0.2, 0.25) is 0 Å². The van der Waals surface area contributed by atoms with E-state index in [1.165, 1.54) is 5.56 Å². The van der Waals surface area contributed by atoms with E-state index in [-0.39, 0.29) is 18.2 Å². The molecule has 0 radical (unpaired) electrons. The molecule has 0 amide bonds. The first kappa shape index (κ1) is 12.4. The highest BCUT2D eigenvalue weighted by Gasteiger charge is 2.26. The van der Waals surface area contributed by atoms with Crippen molar-refractivity contribution in [1.82, 2.24) is 5.32 Å². The molecule has 0 aliphatic heterocycles. The summed E-state index contributed by atoms with van der Waals surface area (Å²) in [6, 6.07) is 8.54. The standard InChI is InChI=1S/C14H21NO2/c1-10(15-13-7-4-8-14(13)16)11-5-3-6-12(9-11)17-2/h3,5-6,9-10,13-16H,4,7-8H2,1-2H3/t10-,13?,14?/m0/s1. The molecular formula is C14H21NO2. The molecule has 2 rings (SSSR count). The summed E-state index contributed by atoms with van der Waals surface area (Å²) >= 11 is 0. The molecule has 2 N–H and O–H groups in total. The summed E-state index contributed by atoms with van der Waals surface area (Å²) in [5.41, 5.74) is 1.20. The second-order valence-corrected chi connectivity index (χ2v) is 4.77. The zero-order chi connectivity index (χ0) is 12.3. The highest BCUT2D eigenvalue weighted by atomic mass is 16.5. The van der Waals surface area contributed by atoms with Crippen molar-refractivity contribution >= 4 is 0 Å². The fraction of sp³-hybridized carbons (Fsp3) is 0.571. The molecule has 1 fully saturated rings. The molecule has 2 unspecified atom stereocenters. The van der Waals surface area contributed by atoms with Gasteiger partial charge in [-0.2, -0.15) is 0 Å². The fourth-order valence-electron chi connectivity index (χ4n) is 2.46. The number of aliphatic hydroxyl groups is 1. The van der Waals surface area contributed by atoms with Gasteiger partial charge in [0, 0.05) is 12.1 Å². The van der Waals surface area contributed by atoms with Crippen molar-refractivity contribution in [2.45, 2.75) is 44.4 Å². The quantitative estimate of drug-likeness (QED) is 0.841. The molecule has 0 aromatic heterocycles. The van der Waals surface area contributed by atoms with E-state index in [1.54, 1.807) is 7.11 Å². The number of hydrogen-bond acceptors (Lipinski definition) is 3. The van der Waals surface area contributed by atoms with Gasteiger partial charge in [-0.1, -0.05) is 12.1 Å². The predicted molar refractivity (Wildman–Crippen MR) is 68.2 cm³/mol. The van der Waals surface area contributed by atoms with Crippen LogP contribution in [0.25, 0.3) is 0 Å². The number of rotatable bonds is 4. The summed E-state index contributed by atoms with van der Waals surface area (Å²) in [5.74, 6) is 0.878. The maximum absolute atomic E-state index is 9.80. The molecule has 94 valence electrons. The van der Waals surface area contributed by atoms with Crippen LogP contribution in [0.3, 0.4) is 0 Å². The van der Waals surface area contributed by atoms with Gasteiger partial charge >= 0.3 is 0 Å². The predicted octanol–water partition coefficient (Wildman–Crippen LogP) is 2.26. The Kier molecular flexibility index (Phi) is 4.02. The van der Waals surface area contributed by atoms with Gasteiger partial charge in [0.1, 0.15) is 5.75 Å². The Hall–Kier alpha value is -1.06. The molecular weight excluding hydrogens is 214 g/mol. The first-order valence-electron chi connectivity index (χ1n) is 6.29. The van der Waals surface area contributed by atoms with Crippen LogP contribution >= 0.6 is 0 Å². The molecule has 1 aromatic rings. The summed E-state index contributed by atoms with van der Waals surface area (Å²) in [6.07, 6.45) is 2.91. The summed E-state index contributed by atoms with van der Waals surface area (Å²) in [6.45, 7) is 2.12. The lowest BCUT2D eigenvalue weighted by Crippen LogP contribution is -2.37. The van der Waals surface area contributed by atoms with Gasteiger partial charge in [0.15, 0.2) is 0 Å². The van der Waals surface area contributed by atoms with E-state index in [2.05, 4.69) is 18.3 Å². The van der Waals surface area contributed by atoms with Crippen molar-refractivity contribution < 1.29 is 9.84 Å². The molecule has 1 aromatic carbocycles. The SMILES string of the molecule is COc1cccc([C@H](C)NC2CCCC2O)c1. The largest absolute Gasteiger partial charge is 0.497 e. The molecule has 17 heavy (non-hydrogen) atoms. The Morgan fingerprint density at radius 3 is 2.88 bits per heavy atom. The summed E-state index contributed by atoms with van der Waals surface area (Å²) in [5, 5.41) is 13.3. The molecule has 0 heterocycles.